The number of hydrogen-bond donors (Lipinski definition) is 1. The van der Waals surface area contributed by atoms with E-state index in [9.17, 15) is 9.59 Å². The zero-order valence-electron chi connectivity index (χ0n) is 14.3. The van der Waals surface area contributed by atoms with Gasteiger partial charge in [0.15, 0.2) is 0 Å². The first-order valence-electron chi connectivity index (χ1n) is 8.46. The number of hydrogen-bond acceptors (Lipinski definition) is 4. The minimum absolute atomic E-state index is 0.0149. The number of fused-ring (bicyclic) bond motifs is 2. The number of nitrogens with one attached hydrogen (secondary N) is 1. The van der Waals surface area contributed by atoms with Crippen LogP contribution in [0.25, 0.3) is 6.08 Å². The molecule has 2 amide bonds. The second kappa shape index (κ2) is 6.55. The van der Waals surface area contributed by atoms with Gasteiger partial charge in [-0.1, -0.05) is 12.1 Å². The van der Waals surface area contributed by atoms with Crippen molar-refractivity contribution in [3.63, 3.8) is 0 Å². The summed E-state index contributed by atoms with van der Waals surface area (Å²) in [4.78, 5) is 26.5. The molecule has 0 bridgehead atoms. The van der Waals surface area contributed by atoms with E-state index in [1.54, 1.807) is 12.1 Å². The molecule has 0 fully saturated rings. The molecule has 132 valence electrons. The first-order chi connectivity index (χ1) is 12.7. The van der Waals surface area contributed by atoms with Crippen molar-refractivity contribution in [3.8, 4) is 11.5 Å². The number of benzene rings is 2. The monoisotopic (exact) mass is 350 g/mol. The van der Waals surface area contributed by atoms with Crippen molar-refractivity contribution in [2.24, 2.45) is 0 Å². The second-order valence-electron chi connectivity index (χ2n) is 6.05. The Morgan fingerprint density at radius 1 is 1.27 bits per heavy atom. The number of ether oxygens (including phenoxy) is 2. The number of amides is 2. The van der Waals surface area contributed by atoms with E-state index in [1.807, 2.05) is 43.3 Å². The van der Waals surface area contributed by atoms with Gasteiger partial charge in [-0.2, -0.15) is 0 Å². The SMILES string of the molecule is CCOc1ccc2c(c1)C=C(C(=O)N1CC(=O)Nc3ccccc31)CO2. The summed E-state index contributed by atoms with van der Waals surface area (Å²) in [5.41, 5.74) is 2.61. The Kier molecular flexibility index (Phi) is 4.08. The molecule has 0 saturated heterocycles. The van der Waals surface area contributed by atoms with Crippen molar-refractivity contribution in [2.45, 2.75) is 6.92 Å². The van der Waals surface area contributed by atoms with E-state index in [0.717, 1.165) is 11.3 Å². The van der Waals surface area contributed by atoms with Gasteiger partial charge in [0.25, 0.3) is 5.91 Å². The Hall–Kier alpha value is -3.28. The van der Waals surface area contributed by atoms with Crippen molar-refractivity contribution < 1.29 is 19.1 Å². The van der Waals surface area contributed by atoms with Crippen LogP contribution in [0, 0.1) is 0 Å². The van der Waals surface area contributed by atoms with Gasteiger partial charge in [0.2, 0.25) is 5.91 Å². The van der Waals surface area contributed by atoms with Gasteiger partial charge in [-0.25, -0.2) is 0 Å². The lowest BCUT2D eigenvalue weighted by atomic mass is 10.0. The summed E-state index contributed by atoms with van der Waals surface area (Å²) >= 11 is 0. The van der Waals surface area contributed by atoms with Gasteiger partial charge < -0.3 is 14.8 Å². The number of carbonyl (C=O) groups excluding carboxylic acids is 2. The first-order valence-corrected chi connectivity index (χ1v) is 8.46. The van der Waals surface area contributed by atoms with Crippen LogP contribution in [0.5, 0.6) is 11.5 Å². The van der Waals surface area contributed by atoms with Gasteiger partial charge in [-0.3, -0.25) is 14.5 Å². The Bertz CT molecular complexity index is 920. The van der Waals surface area contributed by atoms with Crippen molar-refractivity contribution in [1.82, 2.24) is 0 Å². The van der Waals surface area contributed by atoms with Gasteiger partial charge in [-0.05, 0) is 43.3 Å². The van der Waals surface area contributed by atoms with E-state index >= 15 is 0 Å². The Labute approximate surface area is 151 Å². The lowest BCUT2D eigenvalue weighted by Gasteiger charge is -2.30. The summed E-state index contributed by atoms with van der Waals surface area (Å²) in [5.74, 6) is 0.984. The molecule has 2 aromatic carbocycles. The lowest BCUT2D eigenvalue weighted by molar-refractivity contribution is -0.119. The lowest BCUT2D eigenvalue weighted by Crippen LogP contribution is -2.43. The van der Waals surface area contributed by atoms with Crippen LogP contribution < -0.4 is 19.7 Å². The molecule has 6 nitrogen and oxygen atoms in total. The van der Waals surface area contributed by atoms with Crippen molar-refractivity contribution in [1.29, 1.82) is 0 Å². The predicted molar refractivity (Wildman–Crippen MR) is 98.5 cm³/mol. The van der Waals surface area contributed by atoms with E-state index in [4.69, 9.17) is 9.47 Å². The highest BCUT2D eigenvalue weighted by atomic mass is 16.5. The molecular weight excluding hydrogens is 332 g/mol. The smallest absolute Gasteiger partial charge is 0.258 e. The van der Waals surface area contributed by atoms with Crippen LogP contribution in [0.1, 0.15) is 12.5 Å². The molecule has 0 radical (unpaired) electrons. The molecule has 2 aromatic rings. The van der Waals surface area contributed by atoms with Crippen molar-refractivity contribution in [3.05, 3.63) is 53.6 Å². The summed E-state index contributed by atoms with van der Waals surface area (Å²) < 4.78 is 11.2. The zero-order chi connectivity index (χ0) is 18.1. The molecule has 2 heterocycles. The van der Waals surface area contributed by atoms with Gasteiger partial charge in [0.1, 0.15) is 24.7 Å². The maximum absolute atomic E-state index is 13.0. The topological polar surface area (TPSA) is 67.9 Å². The largest absolute Gasteiger partial charge is 0.494 e. The highest BCUT2D eigenvalue weighted by molar-refractivity contribution is 6.16. The maximum atomic E-state index is 13.0. The summed E-state index contributed by atoms with van der Waals surface area (Å²) in [6, 6.07) is 12.8. The molecule has 1 N–H and O–H groups in total. The van der Waals surface area contributed by atoms with Crippen LogP contribution in [0.3, 0.4) is 0 Å². The molecule has 2 aliphatic rings. The molecule has 0 saturated carbocycles. The van der Waals surface area contributed by atoms with Crippen LogP contribution in [-0.4, -0.2) is 31.6 Å². The molecule has 26 heavy (non-hydrogen) atoms. The molecule has 0 atom stereocenters. The summed E-state index contributed by atoms with van der Waals surface area (Å²) in [7, 11) is 0. The van der Waals surface area contributed by atoms with E-state index in [0.29, 0.717) is 29.3 Å². The third-order valence-electron chi connectivity index (χ3n) is 4.30. The zero-order valence-corrected chi connectivity index (χ0v) is 14.3. The molecular formula is C20H18N2O4. The van der Waals surface area contributed by atoms with Gasteiger partial charge in [-0.15, -0.1) is 0 Å². The van der Waals surface area contributed by atoms with Gasteiger partial charge in [0.05, 0.1) is 23.6 Å². The molecule has 0 unspecified atom stereocenters. The fraction of sp³-hybridized carbons (Fsp3) is 0.200. The molecule has 0 aromatic heterocycles. The molecule has 2 aliphatic heterocycles. The van der Waals surface area contributed by atoms with Crippen molar-refractivity contribution in [2.75, 3.05) is 30.0 Å². The number of para-hydroxylation sites is 2. The van der Waals surface area contributed by atoms with E-state index in [1.165, 1.54) is 4.90 Å². The molecule has 0 aliphatic carbocycles. The third kappa shape index (κ3) is 2.90. The van der Waals surface area contributed by atoms with Crippen LogP contribution in [0.2, 0.25) is 0 Å². The number of anilines is 2. The first kappa shape index (κ1) is 16.2. The quantitative estimate of drug-likeness (QED) is 0.924. The van der Waals surface area contributed by atoms with Gasteiger partial charge >= 0.3 is 0 Å². The molecule has 6 heteroatoms. The fourth-order valence-electron chi connectivity index (χ4n) is 3.12. The highest BCUT2D eigenvalue weighted by Crippen LogP contribution is 2.33. The minimum Gasteiger partial charge on any atom is -0.494 e. The average Bonchev–Trinajstić information content (AvgIpc) is 2.66. The van der Waals surface area contributed by atoms with Gasteiger partial charge in [0, 0.05) is 5.56 Å². The minimum atomic E-state index is -0.236. The second-order valence-corrected chi connectivity index (χ2v) is 6.05. The number of carbonyl (C=O) groups is 2. The average molecular weight is 350 g/mol. The van der Waals surface area contributed by atoms with Crippen molar-refractivity contribution >= 4 is 29.3 Å². The maximum Gasteiger partial charge on any atom is 0.258 e. The number of rotatable bonds is 3. The van der Waals surface area contributed by atoms with E-state index < -0.39 is 0 Å². The standard InChI is InChI=1S/C20H18N2O4/c1-2-25-15-7-8-18-13(10-15)9-14(12-26-18)20(24)22-11-19(23)21-16-5-3-4-6-17(16)22/h3-10H,2,11-12H2,1H3,(H,21,23). The fourth-order valence-corrected chi connectivity index (χ4v) is 3.12. The summed E-state index contributed by atoms with van der Waals surface area (Å²) in [6.07, 6.45) is 1.80. The summed E-state index contributed by atoms with van der Waals surface area (Å²) in [6.45, 7) is 2.63. The van der Waals surface area contributed by atoms with Crippen LogP contribution in [-0.2, 0) is 9.59 Å². The molecule has 0 spiro atoms. The third-order valence-corrected chi connectivity index (χ3v) is 4.30. The van der Waals surface area contributed by atoms with E-state index in [2.05, 4.69) is 5.32 Å². The Morgan fingerprint density at radius 3 is 2.96 bits per heavy atom. The van der Waals surface area contributed by atoms with E-state index in [-0.39, 0.29) is 25.0 Å². The Balaban J connectivity index is 1.67. The predicted octanol–water partition coefficient (Wildman–Crippen LogP) is 2.85. The van der Waals surface area contributed by atoms with Crippen LogP contribution in [0.4, 0.5) is 11.4 Å². The summed E-state index contributed by atoms with van der Waals surface area (Å²) in [5, 5.41) is 2.78. The number of nitrogens with zero attached hydrogens (tertiary/aromatic N) is 1. The Morgan fingerprint density at radius 2 is 2.12 bits per heavy atom. The highest BCUT2D eigenvalue weighted by Gasteiger charge is 2.30. The van der Waals surface area contributed by atoms with Crippen LogP contribution in [0.15, 0.2) is 48.0 Å². The normalized spacial score (nSPS) is 15.2. The molecule has 4 rings (SSSR count). The van der Waals surface area contributed by atoms with Crippen LogP contribution >= 0.6 is 0 Å².